The lowest BCUT2D eigenvalue weighted by molar-refractivity contribution is 0.288. The Morgan fingerprint density at radius 1 is 1.20 bits per heavy atom. The van der Waals surface area contributed by atoms with Crippen molar-refractivity contribution in [1.29, 1.82) is 0 Å². The zero-order valence-electron chi connectivity index (χ0n) is 10.6. The van der Waals surface area contributed by atoms with Gasteiger partial charge in [0.15, 0.2) is 9.84 Å². The van der Waals surface area contributed by atoms with Crippen LogP contribution in [-0.2, 0) is 9.84 Å². The van der Waals surface area contributed by atoms with E-state index in [1.54, 1.807) is 6.92 Å². The molecule has 0 aliphatic carbocycles. The molecular weight excluding hydrogens is 210 g/mol. The highest BCUT2D eigenvalue weighted by Crippen LogP contribution is 2.20. The van der Waals surface area contributed by atoms with E-state index in [4.69, 9.17) is 0 Å². The summed E-state index contributed by atoms with van der Waals surface area (Å²) >= 11 is 0. The number of nitrogens with one attached hydrogen (secondary N) is 1. The molecule has 0 aromatic rings. The highest BCUT2D eigenvalue weighted by atomic mass is 32.2. The summed E-state index contributed by atoms with van der Waals surface area (Å²) in [6.45, 7) is 10.9. The monoisotopic (exact) mass is 235 g/mol. The van der Waals surface area contributed by atoms with E-state index in [1.165, 1.54) is 0 Å². The predicted octanol–water partition coefficient (Wildman–Crippen LogP) is 1.84. The maximum Gasteiger partial charge on any atom is 0.151 e. The van der Waals surface area contributed by atoms with Crippen LogP contribution in [0.2, 0.25) is 0 Å². The molecule has 0 aromatic carbocycles. The minimum atomic E-state index is -2.89. The molecule has 0 bridgehead atoms. The van der Waals surface area contributed by atoms with Crippen LogP contribution in [0.1, 0.15) is 41.0 Å². The number of sulfone groups is 1. The zero-order chi connectivity index (χ0) is 12.1. The molecule has 0 fully saturated rings. The summed E-state index contributed by atoms with van der Waals surface area (Å²) < 4.78 is 23.2. The Labute approximate surface area is 94.6 Å². The molecule has 15 heavy (non-hydrogen) atoms. The maximum atomic E-state index is 11.6. The van der Waals surface area contributed by atoms with E-state index in [-0.39, 0.29) is 23.0 Å². The van der Waals surface area contributed by atoms with Crippen molar-refractivity contribution in [2.75, 3.05) is 18.1 Å². The summed E-state index contributed by atoms with van der Waals surface area (Å²) in [6, 6.07) is 0.0439. The van der Waals surface area contributed by atoms with Crippen molar-refractivity contribution in [1.82, 2.24) is 5.32 Å². The summed E-state index contributed by atoms with van der Waals surface area (Å²) in [5.41, 5.74) is -0.0165. The van der Waals surface area contributed by atoms with Gasteiger partial charge in [-0.1, -0.05) is 34.6 Å². The standard InChI is InChI=1S/C11H25NO2S/c1-6-8-12-10(11(3,4)5)9-15(13,14)7-2/h10,12H,6-9H2,1-5H3. The topological polar surface area (TPSA) is 46.2 Å². The maximum absolute atomic E-state index is 11.6. The molecule has 0 saturated carbocycles. The van der Waals surface area contributed by atoms with Gasteiger partial charge in [0.25, 0.3) is 0 Å². The first-order valence-electron chi connectivity index (χ1n) is 5.66. The van der Waals surface area contributed by atoms with Gasteiger partial charge in [-0.2, -0.15) is 0 Å². The third-order valence-corrected chi connectivity index (χ3v) is 4.27. The fourth-order valence-corrected chi connectivity index (χ4v) is 2.67. The smallest absolute Gasteiger partial charge is 0.151 e. The Hall–Kier alpha value is -0.0900. The van der Waals surface area contributed by atoms with Gasteiger partial charge in [0.05, 0.1) is 5.75 Å². The Morgan fingerprint density at radius 3 is 2.07 bits per heavy atom. The Morgan fingerprint density at radius 2 is 1.73 bits per heavy atom. The Bertz CT molecular complexity index is 265. The third kappa shape index (κ3) is 6.15. The molecule has 1 N–H and O–H groups in total. The lowest BCUT2D eigenvalue weighted by Gasteiger charge is -2.31. The molecule has 0 heterocycles. The predicted molar refractivity (Wildman–Crippen MR) is 65.9 cm³/mol. The zero-order valence-corrected chi connectivity index (χ0v) is 11.4. The van der Waals surface area contributed by atoms with Crippen LogP contribution >= 0.6 is 0 Å². The molecular formula is C11H25NO2S. The minimum Gasteiger partial charge on any atom is -0.312 e. The van der Waals surface area contributed by atoms with Crippen LogP contribution in [-0.4, -0.2) is 32.5 Å². The summed E-state index contributed by atoms with van der Waals surface area (Å²) in [5, 5.41) is 3.32. The fourth-order valence-electron chi connectivity index (χ4n) is 1.31. The molecule has 0 aliphatic rings. The SMILES string of the molecule is CCCNC(CS(=O)(=O)CC)C(C)(C)C. The molecule has 3 nitrogen and oxygen atoms in total. The van der Waals surface area contributed by atoms with Gasteiger partial charge in [-0.05, 0) is 18.4 Å². The molecule has 0 rings (SSSR count). The van der Waals surface area contributed by atoms with Crippen molar-refractivity contribution in [3.63, 3.8) is 0 Å². The lowest BCUT2D eigenvalue weighted by Crippen LogP contribution is -2.45. The molecule has 4 heteroatoms. The Kier molecular flexibility index (Phi) is 5.81. The van der Waals surface area contributed by atoms with E-state index in [0.717, 1.165) is 13.0 Å². The normalized spacial score (nSPS) is 15.3. The van der Waals surface area contributed by atoms with Gasteiger partial charge in [-0.25, -0.2) is 8.42 Å². The molecule has 0 aliphatic heterocycles. The molecule has 1 atom stereocenters. The summed E-state index contributed by atoms with van der Waals surface area (Å²) in [7, 11) is -2.89. The summed E-state index contributed by atoms with van der Waals surface area (Å²) in [4.78, 5) is 0. The van der Waals surface area contributed by atoms with Crippen LogP contribution in [0.4, 0.5) is 0 Å². The van der Waals surface area contributed by atoms with Crippen molar-refractivity contribution in [2.24, 2.45) is 5.41 Å². The second kappa shape index (κ2) is 5.85. The van der Waals surface area contributed by atoms with Gasteiger partial charge in [-0.15, -0.1) is 0 Å². The van der Waals surface area contributed by atoms with E-state index < -0.39 is 9.84 Å². The average Bonchev–Trinajstić information content (AvgIpc) is 2.10. The Balaban J connectivity index is 4.52. The third-order valence-electron chi connectivity index (χ3n) is 2.55. The molecule has 92 valence electrons. The van der Waals surface area contributed by atoms with Gasteiger partial charge < -0.3 is 5.32 Å². The van der Waals surface area contributed by atoms with Gasteiger partial charge >= 0.3 is 0 Å². The molecule has 1 unspecified atom stereocenters. The molecule has 0 amide bonds. The van der Waals surface area contributed by atoms with Gasteiger partial charge in [-0.3, -0.25) is 0 Å². The summed E-state index contributed by atoms with van der Waals surface area (Å²) in [6.07, 6.45) is 1.03. The van der Waals surface area contributed by atoms with Crippen molar-refractivity contribution < 1.29 is 8.42 Å². The first-order chi connectivity index (χ1) is 6.73. The lowest BCUT2D eigenvalue weighted by atomic mass is 9.88. The average molecular weight is 235 g/mol. The van der Waals surface area contributed by atoms with Crippen LogP contribution in [0.25, 0.3) is 0 Å². The van der Waals surface area contributed by atoms with E-state index in [1.807, 2.05) is 0 Å². The fraction of sp³-hybridized carbons (Fsp3) is 1.00. The first kappa shape index (κ1) is 14.9. The van der Waals surface area contributed by atoms with E-state index in [9.17, 15) is 8.42 Å². The second-order valence-corrected chi connectivity index (χ2v) is 7.47. The van der Waals surface area contributed by atoms with E-state index >= 15 is 0 Å². The molecule has 0 radical (unpaired) electrons. The quantitative estimate of drug-likeness (QED) is 0.764. The number of rotatable bonds is 6. The van der Waals surface area contributed by atoms with Crippen molar-refractivity contribution in [3.8, 4) is 0 Å². The van der Waals surface area contributed by atoms with E-state index in [2.05, 4.69) is 33.0 Å². The van der Waals surface area contributed by atoms with E-state index in [0.29, 0.717) is 0 Å². The molecule has 0 spiro atoms. The van der Waals surface area contributed by atoms with Crippen LogP contribution in [0.3, 0.4) is 0 Å². The van der Waals surface area contributed by atoms with Crippen molar-refractivity contribution in [2.45, 2.75) is 47.1 Å². The molecule has 0 saturated heterocycles. The number of hydrogen-bond acceptors (Lipinski definition) is 3. The van der Waals surface area contributed by atoms with Crippen LogP contribution < -0.4 is 5.32 Å². The largest absolute Gasteiger partial charge is 0.312 e. The van der Waals surface area contributed by atoms with Gasteiger partial charge in [0, 0.05) is 11.8 Å². The van der Waals surface area contributed by atoms with Crippen LogP contribution in [0.5, 0.6) is 0 Å². The number of hydrogen-bond donors (Lipinski definition) is 1. The molecule has 0 aromatic heterocycles. The van der Waals surface area contributed by atoms with Crippen molar-refractivity contribution >= 4 is 9.84 Å². The first-order valence-corrected chi connectivity index (χ1v) is 7.49. The van der Waals surface area contributed by atoms with Crippen LogP contribution in [0, 0.1) is 5.41 Å². The highest BCUT2D eigenvalue weighted by Gasteiger charge is 2.28. The van der Waals surface area contributed by atoms with Crippen molar-refractivity contribution in [3.05, 3.63) is 0 Å². The van der Waals surface area contributed by atoms with Crippen LogP contribution in [0.15, 0.2) is 0 Å². The summed E-state index contributed by atoms with van der Waals surface area (Å²) in [5.74, 6) is 0.473. The second-order valence-electron chi connectivity index (χ2n) is 5.07. The van der Waals surface area contributed by atoms with Gasteiger partial charge in [0.2, 0.25) is 0 Å². The highest BCUT2D eigenvalue weighted by molar-refractivity contribution is 7.91. The van der Waals surface area contributed by atoms with Gasteiger partial charge in [0.1, 0.15) is 0 Å². The minimum absolute atomic E-state index is 0.0165.